The van der Waals surface area contributed by atoms with Crippen LogP contribution < -0.4 is 0 Å². The van der Waals surface area contributed by atoms with E-state index in [1.54, 1.807) is 0 Å². The molecule has 1 heterocycles. The number of rotatable bonds is 4. The summed E-state index contributed by atoms with van der Waals surface area (Å²) in [5.41, 5.74) is 7.00. The molecule has 0 amide bonds. The van der Waals surface area contributed by atoms with Crippen molar-refractivity contribution in [1.82, 2.24) is 4.98 Å². The topological polar surface area (TPSA) is 15.8 Å². The lowest BCUT2D eigenvalue weighted by Crippen LogP contribution is -1.78. The van der Waals surface area contributed by atoms with Crippen LogP contribution >= 0.6 is 11.6 Å². The van der Waals surface area contributed by atoms with Crippen molar-refractivity contribution < 1.29 is 0 Å². The highest BCUT2D eigenvalue weighted by Crippen LogP contribution is 2.26. The summed E-state index contributed by atoms with van der Waals surface area (Å²) in [6, 6.07) is 24.8. The van der Waals surface area contributed by atoms with Crippen molar-refractivity contribution in [2.75, 3.05) is 0 Å². The lowest BCUT2D eigenvalue weighted by molar-refractivity contribution is 1.42. The van der Waals surface area contributed by atoms with Crippen LogP contribution in [-0.2, 0) is 0 Å². The van der Waals surface area contributed by atoms with Crippen molar-refractivity contribution in [2.24, 2.45) is 0 Å². The first-order valence-electron chi connectivity index (χ1n) is 8.98. The molecule has 0 fully saturated rings. The van der Waals surface area contributed by atoms with Crippen LogP contribution in [-0.4, -0.2) is 4.98 Å². The SMILES string of the molecule is Cc1ccc(/C=C/c2[nH]c3ccccc3c2/C=C/c2ccc(Cl)cc2)cc1. The van der Waals surface area contributed by atoms with Crippen molar-refractivity contribution >= 4 is 46.8 Å². The first kappa shape index (κ1) is 17.4. The van der Waals surface area contributed by atoms with E-state index in [1.807, 2.05) is 24.3 Å². The highest BCUT2D eigenvalue weighted by atomic mass is 35.5. The number of H-pyrrole nitrogens is 1. The van der Waals surface area contributed by atoms with Gasteiger partial charge in [0, 0.05) is 27.2 Å². The Morgan fingerprint density at radius 3 is 2.07 bits per heavy atom. The van der Waals surface area contributed by atoms with Crippen LogP contribution in [0.25, 0.3) is 35.2 Å². The monoisotopic (exact) mass is 369 g/mol. The van der Waals surface area contributed by atoms with Gasteiger partial charge in [-0.3, -0.25) is 0 Å². The summed E-state index contributed by atoms with van der Waals surface area (Å²) in [5, 5.41) is 1.97. The second-order valence-corrected chi connectivity index (χ2v) is 7.06. The average molecular weight is 370 g/mol. The predicted molar refractivity (Wildman–Crippen MR) is 119 cm³/mol. The van der Waals surface area contributed by atoms with E-state index in [-0.39, 0.29) is 0 Å². The zero-order valence-corrected chi connectivity index (χ0v) is 15.9. The molecule has 132 valence electrons. The number of nitrogens with one attached hydrogen (secondary N) is 1. The zero-order chi connectivity index (χ0) is 18.6. The smallest absolute Gasteiger partial charge is 0.0465 e. The lowest BCUT2D eigenvalue weighted by atomic mass is 10.1. The van der Waals surface area contributed by atoms with Crippen LogP contribution in [0.4, 0.5) is 0 Å². The van der Waals surface area contributed by atoms with Gasteiger partial charge in [0.05, 0.1) is 0 Å². The van der Waals surface area contributed by atoms with E-state index in [0.29, 0.717) is 0 Å². The first-order valence-corrected chi connectivity index (χ1v) is 9.36. The zero-order valence-electron chi connectivity index (χ0n) is 15.1. The number of aromatic nitrogens is 1. The van der Waals surface area contributed by atoms with Gasteiger partial charge in [0.15, 0.2) is 0 Å². The van der Waals surface area contributed by atoms with Gasteiger partial charge in [0.1, 0.15) is 0 Å². The van der Waals surface area contributed by atoms with Crippen molar-refractivity contribution in [3.05, 3.63) is 106 Å². The average Bonchev–Trinajstić information content (AvgIpc) is 3.05. The minimum absolute atomic E-state index is 0.751. The van der Waals surface area contributed by atoms with Crippen LogP contribution in [0.2, 0.25) is 5.02 Å². The third kappa shape index (κ3) is 4.05. The minimum Gasteiger partial charge on any atom is -0.355 e. The van der Waals surface area contributed by atoms with Gasteiger partial charge in [0.25, 0.3) is 0 Å². The van der Waals surface area contributed by atoms with Gasteiger partial charge in [-0.2, -0.15) is 0 Å². The first-order chi connectivity index (χ1) is 13.2. The number of benzene rings is 3. The van der Waals surface area contributed by atoms with Crippen LogP contribution in [0, 0.1) is 6.92 Å². The van der Waals surface area contributed by atoms with Gasteiger partial charge in [-0.05, 0) is 42.3 Å². The summed E-state index contributed by atoms with van der Waals surface area (Å²) in [5.74, 6) is 0. The van der Waals surface area contributed by atoms with E-state index in [4.69, 9.17) is 11.6 Å². The van der Waals surface area contributed by atoms with Crippen LogP contribution in [0.5, 0.6) is 0 Å². The lowest BCUT2D eigenvalue weighted by Gasteiger charge is -1.98. The maximum atomic E-state index is 5.99. The Labute approximate surface area is 164 Å². The number of para-hydroxylation sites is 1. The minimum atomic E-state index is 0.751. The summed E-state index contributed by atoms with van der Waals surface area (Å²) >= 11 is 5.99. The number of fused-ring (bicyclic) bond motifs is 1. The van der Waals surface area contributed by atoms with E-state index < -0.39 is 0 Å². The fraction of sp³-hybridized carbons (Fsp3) is 0.0400. The third-order valence-electron chi connectivity index (χ3n) is 4.61. The normalized spacial score (nSPS) is 11.8. The van der Waals surface area contributed by atoms with Gasteiger partial charge >= 0.3 is 0 Å². The molecule has 1 nitrogen and oxygen atoms in total. The third-order valence-corrected chi connectivity index (χ3v) is 4.86. The molecule has 2 heteroatoms. The summed E-state index contributed by atoms with van der Waals surface area (Å²) in [7, 11) is 0. The summed E-state index contributed by atoms with van der Waals surface area (Å²) in [6.07, 6.45) is 8.57. The molecule has 0 aliphatic heterocycles. The van der Waals surface area contributed by atoms with E-state index >= 15 is 0 Å². The fourth-order valence-electron chi connectivity index (χ4n) is 3.11. The molecule has 27 heavy (non-hydrogen) atoms. The van der Waals surface area contributed by atoms with Crippen molar-refractivity contribution in [2.45, 2.75) is 6.92 Å². The molecule has 0 bridgehead atoms. The van der Waals surface area contributed by atoms with Crippen molar-refractivity contribution in [1.29, 1.82) is 0 Å². The quantitative estimate of drug-likeness (QED) is 0.384. The second-order valence-electron chi connectivity index (χ2n) is 6.63. The van der Waals surface area contributed by atoms with Gasteiger partial charge in [-0.25, -0.2) is 0 Å². The van der Waals surface area contributed by atoms with Gasteiger partial charge < -0.3 is 4.98 Å². The standard InChI is InChI=1S/C25H20ClN/c1-18-6-8-19(9-7-18)13-17-25-23(22-4-2-3-5-24(22)27-25)16-12-20-10-14-21(26)15-11-20/h2-17,27H,1H3/b16-12+,17-13+. The summed E-state index contributed by atoms with van der Waals surface area (Å²) < 4.78 is 0. The van der Waals surface area contributed by atoms with Gasteiger partial charge in [-0.15, -0.1) is 0 Å². The Morgan fingerprint density at radius 1 is 0.704 bits per heavy atom. The molecule has 4 aromatic rings. The molecule has 0 unspecified atom stereocenters. The van der Waals surface area contributed by atoms with E-state index in [0.717, 1.165) is 21.8 Å². The molecule has 0 spiro atoms. The number of aromatic amines is 1. The predicted octanol–water partition coefficient (Wildman–Crippen LogP) is 7.47. The van der Waals surface area contributed by atoms with Crippen LogP contribution in [0.15, 0.2) is 72.8 Å². The number of hydrogen-bond donors (Lipinski definition) is 1. The van der Waals surface area contributed by atoms with E-state index in [1.165, 1.54) is 22.1 Å². The highest BCUT2D eigenvalue weighted by Gasteiger charge is 2.06. The molecule has 0 radical (unpaired) electrons. The Kier molecular flexibility index (Phi) is 4.95. The molecule has 3 aromatic carbocycles. The molecular formula is C25H20ClN. The Bertz CT molecular complexity index is 1110. The largest absolute Gasteiger partial charge is 0.355 e. The Hall–Kier alpha value is -3.03. The van der Waals surface area contributed by atoms with Crippen LogP contribution in [0.1, 0.15) is 27.9 Å². The van der Waals surface area contributed by atoms with Gasteiger partial charge in [0.2, 0.25) is 0 Å². The number of halogens is 1. The molecule has 0 atom stereocenters. The molecule has 0 saturated carbocycles. The van der Waals surface area contributed by atoms with Gasteiger partial charge in [-0.1, -0.05) is 90.0 Å². The summed E-state index contributed by atoms with van der Waals surface area (Å²) in [6.45, 7) is 2.10. The van der Waals surface area contributed by atoms with E-state index in [2.05, 4.69) is 84.7 Å². The number of aryl methyl sites for hydroxylation is 1. The fourth-order valence-corrected chi connectivity index (χ4v) is 3.23. The molecule has 1 aromatic heterocycles. The molecule has 0 saturated heterocycles. The molecule has 4 rings (SSSR count). The second kappa shape index (κ2) is 7.69. The van der Waals surface area contributed by atoms with E-state index in [9.17, 15) is 0 Å². The maximum Gasteiger partial charge on any atom is 0.0465 e. The molecule has 1 N–H and O–H groups in total. The number of hydrogen-bond acceptors (Lipinski definition) is 0. The summed E-state index contributed by atoms with van der Waals surface area (Å²) in [4.78, 5) is 3.53. The maximum absolute atomic E-state index is 5.99. The molecular weight excluding hydrogens is 350 g/mol. The van der Waals surface area contributed by atoms with Crippen molar-refractivity contribution in [3.63, 3.8) is 0 Å². The molecule has 0 aliphatic rings. The Balaban J connectivity index is 1.72. The highest BCUT2D eigenvalue weighted by molar-refractivity contribution is 6.30. The van der Waals surface area contributed by atoms with Crippen LogP contribution in [0.3, 0.4) is 0 Å². The molecule has 0 aliphatic carbocycles. The Morgan fingerprint density at radius 2 is 1.33 bits per heavy atom. The van der Waals surface area contributed by atoms with Crippen molar-refractivity contribution in [3.8, 4) is 0 Å².